The lowest BCUT2D eigenvalue weighted by Crippen LogP contribution is -2.41. The van der Waals surface area contributed by atoms with Crippen LogP contribution in [0.2, 0.25) is 0 Å². The van der Waals surface area contributed by atoms with E-state index < -0.39 is 12.2 Å². The van der Waals surface area contributed by atoms with E-state index in [2.05, 4.69) is 5.48 Å². The Labute approximate surface area is 98.7 Å². The second-order valence-corrected chi connectivity index (χ2v) is 3.76. The maximum absolute atomic E-state index is 11.6. The Morgan fingerprint density at radius 3 is 3.12 bits per heavy atom. The molecule has 1 aliphatic heterocycles. The second-order valence-electron chi connectivity index (χ2n) is 3.76. The number of nitrogens with one attached hydrogen (secondary N) is 1. The van der Waals surface area contributed by atoms with Gasteiger partial charge in [0.05, 0.1) is 0 Å². The van der Waals surface area contributed by atoms with Gasteiger partial charge in [-0.1, -0.05) is 0 Å². The number of hydrogen-bond donors (Lipinski definition) is 1. The number of rotatable bonds is 3. The predicted molar refractivity (Wildman–Crippen MR) is 57.5 cm³/mol. The van der Waals surface area contributed by atoms with E-state index in [0.717, 1.165) is 19.3 Å². The molecule has 0 aliphatic carbocycles. The summed E-state index contributed by atoms with van der Waals surface area (Å²) in [6.07, 6.45) is 3.59. The van der Waals surface area contributed by atoms with Crippen molar-refractivity contribution in [2.24, 2.45) is 0 Å². The average Bonchev–Trinajstić information content (AvgIpc) is 2.38. The van der Waals surface area contributed by atoms with Gasteiger partial charge in [0.25, 0.3) is 5.69 Å². The molecule has 0 aromatic carbocycles. The third kappa shape index (κ3) is 3.15. The van der Waals surface area contributed by atoms with Crippen LogP contribution >= 0.6 is 0 Å². The highest BCUT2D eigenvalue weighted by molar-refractivity contribution is 5.89. The van der Waals surface area contributed by atoms with Crippen LogP contribution in [0.1, 0.15) is 29.8 Å². The normalized spacial score (nSPS) is 19.9. The average molecular weight is 238 g/mol. The van der Waals surface area contributed by atoms with Gasteiger partial charge in [-0.15, -0.1) is 0 Å². The van der Waals surface area contributed by atoms with Gasteiger partial charge in [0.15, 0.2) is 12.5 Å². The maximum atomic E-state index is 11.6. The van der Waals surface area contributed by atoms with Crippen molar-refractivity contribution < 1.29 is 19.1 Å². The van der Waals surface area contributed by atoms with Gasteiger partial charge < -0.3 is 9.94 Å². The molecule has 1 N–H and O–H groups in total. The minimum Gasteiger partial charge on any atom is -0.618 e. The van der Waals surface area contributed by atoms with Gasteiger partial charge in [-0.25, -0.2) is 10.3 Å². The highest BCUT2D eigenvalue weighted by Gasteiger charge is 2.19. The molecule has 1 aliphatic rings. The van der Waals surface area contributed by atoms with Crippen molar-refractivity contribution in [3.05, 3.63) is 35.3 Å². The lowest BCUT2D eigenvalue weighted by atomic mass is 10.2. The van der Waals surface area contributed by atoms with Gasteiger partial charge >= 0.3 is 5.91 Å². The minimum atomic E-state index is -0.574. The molecule has 6 heteroatoms. The van der Waals surface area contributed by atoms with Crippen molar-refractivity contribution in [3.8, 4) is 0 Å². The molecule has 6 nitrogen and oxygen atoms in total. The Morgan fingerprint density at radius 2 is 2.41 bits per heavy atom. The SMILES string of the molecule is O=C(NOC1CCCCO1)c1cccc[n+]1[O-]. The summed E-state index contributed by atoms with van der Waals surface area (Å²) in [4.78, 5) is 16.7. The Kier molecular flexibility index (Phi) is 3.89. The van der Waals surface area contributed by atoms with Crippen LogP contribution in [0.15, 0.2) is 24.4 Å². The molecule has 1 aromatic rings. The first-order valence-electron chi connectivity index (χ1n) is 5.53. The van der Waals surface area contributed by atoms with E-state index in [9.17, 15) is 10.0 Å². The van der Waals surface area contributed by atoms with E-state index >= 15 is 0 Å². The molecule has 0 bridgehead atoms. The first kappa shape index (κ1) is 11.8. The van der Waals surface area contributed by atoms with E-state index in [4.69, 9.17) is 9.57 Å². The zero-order valence-electron chi connectivity index (χ0n) is 9.30. The summed E-state index contributed by atoms with van der Waals surface area (Å²) in [5, 5.41) is 11.3. The quantitative estimate of drug-likeness (QED) is 0.473. The van der Waals surface area contributed by atoms with E-state index in [1.165, 1.54) is 12.3 Å². The second kappa shape index (κ2) is 5.60. The fourth-order valence-corrected chi connectivity index (χ4v) is 1.58. The molecule has 2 heterocycles. The number of nitrogens with zero attached hydrogens (tertiary/aromatic N) is 1. The van der Waals surface area contributed by atoms with Crippen LogP contribution in [0.5, 0.6) is 0 Å². The van der Waals surface area contributed by atoms with Gasteiger partial charge in [-0.2, -0.15) is 4.73 Å². The fraction of sp³-hybridized carbons (Fsp3) is 0.455. The molecular weight excluding hydrogens is 224 g/mol. The van der Waals surface area contributed by atoms with Crippen LogP contribution in [0, 0.1) is 5.21 Å². The number of pyridine rings is 1. The third-order valence-corrected chi connectivity index (χ3v) is 2.48. The van der Waals surface area contributed by atoms with Gasteiger partial charge in [0.2, 0.25) is 0 Å². The van der Waals surface area contributed by atoms with Crippen LogP contribution in [0.3, 0.4) is 0 Å². The van der Waals surface area contributed by atoms with Crippen LogP contribution in [-0.2, 0) is 9.57 Å². The molecule has 2 rings (SSSR count). The van der Waals surface area contributed by atoms with E-state index in [0.29, 0.717) is 11.3 Å². The number of carbonyl (C=O) groups excluding carboxylic acids is 1. The molecule has 0 spiro atoms. The highest BCUT2D eigenvalue weighted by atomic mass is 16.8. The van der Waals surface area contributed by atoms with E-state index in [1.54, 1.807) is 12.1 Å². The first-order chi connectivity index (χ1) is 8.27. The van der Waals surface area contributed by atoms with E-state index in [-0.39, 0.29) is 5.69 Å². The molecule has 0 radical (unpaired) electrons. The number of ether oxygens (including phenoxy) is 1. The van der Waals surface area contributed by atoms with E-state index in [1.807, 2.05) is 0 Å². The molecule has 1 atom stereocenters. The molecular formula is C11H14N2O4. The van der Waals surface area contributed by atoms with Crippen molar-refractivity contribution in [3.63, 3.8) is 0 Å². The number of aromatic nitrogens is 1. The largest absolute Gasteiger partial charge is 0.618 e. The Bertz CT molecular complexity index is 391. The topological polar surface area (TPSA) is 74.5 Å². The maximum Gasteiger partial charge on any atom is 0.340 e. The summed E-state index contributed by atoms with van der Waals surface area (Å²) in [6.45, 7) is 0.632. The summed E-state index contributed by atoms with van der Waals surface area (Å²) >= 11 is 0. The Morgan fingerprint density at radius 1 is 1.53 bits per heavy atom. The van der Waals surface area contributed by atoms with Gasteiger partial charge in [0.1, 0.15) is 0 Å². The third-order valence-electron chi connectivity index (χ3n) is 2.48. The zero-order chi connectivity index (χ0) is 12.1. The lowest BCUT2D eigenvalue weighted by molar-refractivity contribution is -0.608. The monoisotopic (exact) mass is 238 g/mol. The summed E-state index contributed by atoms with van der Waals surface area (Å²) in [5.41, 5.74) is 2.21. The van der Waals surface area contributed by atoms with Crippen LogP contribution in [-0.4, -0.2) is 18.8 Å². The number of carbonyl (C=O) groups is 1. The van der Waals surface area contributed by atoms with Crippen LogP contribution in [0.25, 0.3) is 0 Å². The number of hydroxylamine groups is 1. The predicted octanol–water partition coefficient (Wildman–Crippen LogP) is 0.508. The van der Waals surface area contributed by atoms with Crippen molar-refractivity contribution in [2.75, 3.05) is 6.61 Å². The van der Waals surface area contributed by atoms with Crippen molar-refractivity contribution in [1.82, 2.24) is 5.48 Å². The van der Waals surface area contributed by atoms with Gasteiger partial charge in [0, 0.05) is 25.2 Å². The molecule has 1 unspecified atom stereocenters. The molecule has 92 valence electrons. The zero-order valence-corrected chi connectivity index (χ0v) is 9.30. The Balaban J connectivity index is 1.87. The van der Waals surface area contributed by atoms with Crippen LogP contribution < -0.4 is 10.2 Å². The smallest absolute Gasteiger partial charge is 0.340 e. The van der Waals surface area contributed by atoms with Crippen molar-refractivity contribution >= 4 is 5.91 Å². The molecule has 1 amide bonds. The van der Waals surface area contributed by atoms with Gasteiger partial charge in [-0.3, -0.25) is 4.79 Å². The number of amides is 1. The molecule has 1 aromatic heterocycles. The van der Waals surface area contributed by atoms with Crippen molar-refractivity contribution in [2.45, 2.75) is 25.6 Å². The Hall–Kier alpha value is -1.66. The minimum absolute atomic E-state index is 0.0108. The van der Waals surface area contributed by atoms with Crippen molar-refractivity contribution in [1.29, 1.82) is 0 Å². The first-order valence-corrected chi connectivity index (χ1v) is 5.53. The van der Waals surface area contributed by atoms with Gasteiger partial charge in [-0.05, 0) is 18.9 Å². The fourth-order valence-electron chi connectivity index (χ4n) is 1.58. The summed E-state index contributed by atoms with van der Waals surface area (Å²) in [6, 6.07) is 4.59. The molecule has 17 heavy (non-hydrogen) atoms. The molecule has 0 saturated carbocycles. The standard InChI is InChI=1S/C11H14N2O4/c14-11(9-5-1-3-7-13(9)15)12-17-10-6-2-4-8-16-10/h1,3,5,7,10H,2,4,6,8H2,(H,12,14). The highest BCUT2D eigenvalue weighted by Crippen LogP contribution is 2.12. The summed E-state index contributed by atoms with van der Waals surface area (Å²) < 4.78 is 5.76. The summed E-state index contributed by atoms with van der Waals surface area (Å²) in [5.74, 6) is -0.574. The lowest BCUT2D eigenvalue weighted by Gasteiger charge is -2.21. The number of hydrogen-bond acceptors (Lipinski definition) is 4. The molecule has 1 fully saturated rings. The summed E-state index contributed by atoms with van der Waals surface area (Å²) in [7, 11) is 0. The van der Waals surface area contributed by atoms with Crippen LogP contribution in [0.4, 0.5) is 0 Å². The molecule has 1 saturated heterocycles.